The number of aliphatic imine (C=N–C) groups is 1. The Labute approximate surface area is 221 Å². The lowest BCUT2D eigenvalue weighted by atomic mass is 9.88. The van der Waals surface area contributed by atoms with Gasteiger partial charge < -0.3 is 20.9 Å². The average molecular weight is 507 g/mol. The minimum absolute atomic E-state index is 0.0233. The summed E-state index contributed by atoms with van der Waals surface area (Å²) in [6.45, 7) is 15.0. The quantitative estimate of drug-likeness (QED) is 0.545. The maximum atomic E-state index is 12.8. The summed E-state index contributed by atoms with van der Waals surface area (Å²) in [4.78, 5) is 19.0. The monoisotopic (exact) mass is 506 g/mol. The molecule has 0 fully saturated rings. The van der Waals surface area contributed by atoms with Crippen molar-refractivity contribution in [3.63, 3.8) is 0 Å². The first kappa shape index (κ1) is 28.1. The van der Waals surface area contributed by atoms with Crippen molar-refractivity contribution in [1.82, 2.24) is 4.90 Å². The second kappa shape index (κ2) is 11.7. The Hall–Kier alpha value is -3.48. The molecule has 0 saturated heterocycles. The first-order valence-electron chi connectivity index (χ1n) is 13.1. The highest BCUT2D eigenvalue weighted by atomic mass is 16.5. The number of aryl methyl sites for hydroxylation is 1. The van der Waals surface area contributed by atoms with Crippen LogP contribution in [-0.4, -0.2) is 34.5 Å². The van der Waals surface area contributed by atoms with E-state index in [0.717, 1.165) is 42.7 Å². The Morgan fingerprint density at radius 3 is 2.49 bits per heavy atom. The Morgan fingerprint density at radius 2 is 1.89 bits per heavy atom. The number of nitrogens with two attached hydrogens (primary N) is 2. The van der Waals surface area contributed by atoms with Gasteiger partial charge in [0.05, 0.1) is 25.1 Å². The van der Waals surface area contributed by atoms with Crippen LogP contribution in [0.15, 0.2) is 54.0 Å². The summed E-state index contributed by atoms with van der Waals surface area (Å²) in [5, 5.41) is 0. The molecule has 0 radical (unpaired) electrons. The molecule has 2 heterocycles. The van der Waals surface area contributed by atoms with E-state index in [4.69, 9.17) is 20.9 Å². The fourth-order valence-electron chi connectivity index (χ4n) is 4.47. The van der Waals surface area contributed by atoms with Crippen LogP contribution in [0, 0.1) is 0 Å². The zero-order valence-electron chi connectivity index (χ0n) is 23.0. The highest BCUT2D eigenvalue weighted by molar-refractivity contribution is 5.99. The summed E-state index contributed by atoms with van der Waals surface area (Å²) in [6.07, 6.45) is 4.27. The lowest BCUT2D eigenvalue weighted by molar-refractivity contribution is -0.130. The number of hydrogen-bond donors (Lipinski definition) is 2. The van der Waals surface area contributed by atoms with E-state index < -0.39 is 5.54 Å². The van der Waals surface area contributed by atoms with Crippen molar-refractivity contribution in [3.05, 3.63) is 65.7 Å². The van der Waals surface area contributed by atoms with Crippen LogP contribution in [0.3, 0.4) is 0 Å². The molecule has 2 aromatic rings. The van der Waals surface area contributed by atoms with Crippen molar-refractivity contribution in [2.24, 2.45) is 16.5 Å². The van der Waals surface area contributed by atoms with Gasteiger partial charge in [0.25, 0.3) is 0 Å². The van der Waals surface area contributed by atoms with Crippen molar-refractivity contribution in [2.75, 3.05) is 6.61 Å². The van der Waals surface area contributed by atoms with Crippen LogP contribution in [0.25, 0.3) is 5.70 Å². The molecule has 0 aliphatic carbocycles. The molecule has 7 heteroatoms. The van der Waals surface area contributed by atoms with Crippen molar-refractivity contribution in [1.29, 1.82) is 0 Å². The van der Waals surface area contributed by atoms with Crippen LogP contribution < -0.4 is 20.9 Å². The number of benzene rings is 2. The molecule has 2 aromatic carbocycles. The number of ether oxygens (including phenoxy) is 2. The number of guanidine groups is 1. The van der Waals surface area contributed by atoms with Gasteiger partial charge in [-0.25, -0.2) is 4.99 Å². The van der Waals surface area contributed by atoms with Gasteiger partial charge in [-0.2, -0.15) is 0 Å². The SMILES string of the molecule is C=C(N)c1ccc(OC(C)(C)C)c(CN2C(=O)CC(CC)(CC)N=C2N)c1.c1ccc2c(c1)CCCO2. The molecule has 37 heavy (non-hydrogen) atoms. The predicted octanol–water partition coefficient (Wildman–Crippen LogP) is 5.41. The van der Waals surface area contributed by atoms with E-state index in [1.54, 1.807) is 0 Å². The van der Waals surface area contributed by atoms with E-state index in [2.05, 4.69) is 23.7 Å². The number of amides is 1. The molecular weight excluding hydrogens is 464 g/mol. The third-order valence-electron chi connectivity index (χ3n) is 6.72. The highest BCUT2D eigenvalue weighted by Gasteiger charge is 2.37. The Kier molecular flexibility index (Phi) is 8.89. The van der Waals surface area contributed by atoms with Gasteiger partial charge in [0.2, 0.25) is 5.91 Å². The van der Waals surface area contributed by atoms with Crippen molar-refractivity contribution >= 4 is 17.6 Å². The summed E-state index contributed by atoms with van der Waals surface area (Å²) in [5.41, 5.74) is 14.7. The van der Waals surface area contributed by atoms with Crippen LogP contribution in [-0.2, 0) is 17.8 Å². The summed E-state index contributed by atoms with van der Waals surface area (Å²) in [5.74, 6) is 2.00. The molecule has 2 aliphatic heterocycles. The zero-order chi connectivity index (χ0) is 27.2. The number of rotatable bonds is 6. The van der Waals surface area contributed by atoms with Gasteiger partial charge >= 0.3 is 0 Å². The first-order chi connectivity index (χ1) is 17.5. The Balaban J connectivity index is 0.000000313. The smallest absolute Gasteiger partial charge is 0.232 e. The third kappa shape index (κ3) is 7.28. The van der Waals surface area contributed by atoms with E-state index in [9.17, 15) is 4.79 Å². The normalized spacial score (nSPS) is 16.5. The van der Waals surface area contributed by atoms with Crippen molar-refractivity contribution in [2.45, 2.75) is 84.4 Å². The van der Waals surface area contributed by atoms with Crippen LogP contribution in [0.1, 0.15) is 77.0 Å². The largest absolute Gasteiger partial charge is 0.493 e. The fraction of sp³-hybridized carbons (Fsp3) is 0.467. The topological polar surface area (TPSA) is 103 Å². The molecule has 0 aromatic heterocycles. The molecule has 0 atom stereocenters. The van der Waals surface area contributed by atoms with E-state index in [0.29, 0.717) is 17.9 Å². The molecule has 2 aliphatic rings. The summed E-state index contributed by atoms with van der Waals surface area (Å²) < 4.78 is 11.5. The molecule has 200 valence electrons. The molecule has 0 saturated carbocycles. The zero-order valence-corrected chi connectivity index (χ0v) is 23.0. The number of fused-ring (bicyclic) bond motifs is 1. The van der Waals surface area contributed by atoms with Crippen LogP contribution in [0.5, 0.6) is 11.5 Å². The molecule has 0 bridgehead atoms. The lowest BCUT2D eigenvalue weighted by Gasteiger charge is -2.36. The summed E-state index contributed by atoms with van der Waals surface area (Å²) in [6, 6.07) is 13.9. The van der Waals surface area contributed by atoms with E-state index in [1.165, 1.54) is 16.9 Å². The predicted molar refractivity (Wildman–Crippen MR) is 150 cm³/mol. The van der Waals surface area contributed by atoms with E-state index >= 15 is 0 Å². The summed E-state index contributed by atoms with van der Waals surface area (Å²) in [7, 11) is 0. The Bertz CT molecular complexity index is 1120. The van der Waals surface area contributed by atoms with Gasteiger partial charge in [-0.3, -0.25) is 9.69 Å². The standard InChI is InChI=1S/C21H32N4O2.C9H10O/c1-7-21(8-2)12-18(26)25(19(23)24-21)13-16-11-15(14(3)22)9-10-17(16)27-20(4,5)6;1-2-6-9-8(4-1)5-3-7-10-9/h9-11H,3,7-8,12-13,22H2,1-2,4-6H3,(H2,23,24);1-2,4,6H,3,5,7H2. The average Bonchev–Trinajstić information content (AvgIpc) is 2.86. The first-order valence-corrected chi connectivity index (χ1v) is 13.1. The third-order valence-corrected chi connectivity index (χ3v) is 6.72. The number of para-hydroxylation sites is 1. The number of nitrogens with zero attached hydrogens (tertiary/aromatic N) is 2. The minimum Gasteiger partial charge on any atom is -0.493 e. The van der Waals surface area contributed by atoms with Gasteiger partial charge in [-0.15, -0.1) is 0 Å². The van der Waals surface area contributed by atoms with Gasteiger partial charge in [-0.05, 0) is 81.8 Å². The van der Waals surface area contributed by atoms with Gasteiger partial charge in [0, 0.05) is 11.3 Å². The lowest BCUT2D eigenvalue weighted by Crippen LogP contribution is -2.50. The Morgan fingerprint density at radius 1 is 1.19 bits per heavy atom. The van der Waals surface area contributed by atoms with Crippen molar-refractivity contribution < 1.29 is 14.3 Å². The maximum absolute atomic E-state index is 12.8. The minimum atomic E-state index is -0.393. The van der Waals surface area contributed by atoms with Gasteiger partial charge in [0.15, 0.2) is 5.96 Å². The second-order valence-electron chi connectivity index (χ2n) is 10.7. The molecule has 4 rings (SSSR count). The van der Waals surface area contributed by atoms with E-state index in [1.807, 2.05) is 65.0 Å². The fourth-order valence-corrected chi connectivity index (χ4v) is 4.47. The number of carbonyl (C=O) groups is 1. The number of carbonyl (C=O) groups excluding carboxylic acids is 1. The highest BCUT2D eigenvalue weighted by Crippen LogP contribution is 2.32. The molecular formula is C30H42N4O3. The summed E-state index contributed by atoms with van der Waals surface area (Å²) >= 11 is 0. The van der Waals surface area contributed by atoms with E-state index in [-0.39, 0.29) is 24.0 Å². The van der Waals surface area contributed by atoms with Crippen LogP contribution >= 0.6 is 0 Å². The maximum Gasteiger partial charge on any atom is 0.232 e. The molecule has 0 unspecified atom stereocenters. The van der Waals surface area contributed by atoms with Gasteiger partial charge in [-0.1, -0.05) is 38.6 Å². The molecule has 0 spiro atoms. The van der Waals surface area contributed by atoms with Gasteiger partial charge in [0.1, 0.15) is 17.1 Å². The second-order valence-corrected chi connectivity index (χ2v) is 10.7. The van der Waals surface area contributed by atoms with Crippen molar-refractivity contribution in [3.8, 4) is 11.5 Å². The van der Waals surface area contributed by atoms with Crippen LogP contribution in [0.4, 0.5) is 0 Å². The van der Waals surface area contributed by atoms with Crippen LogP contribution in [0.2, 0.25) is 0 Å². The molecule has 7 nitrogen and oxygen atoms in total. The molecule has 1 amide bonds. The number of hydrogen-bond acceptors (Lipinski definition) is 6. The molecule has 4 N–H and O–H groups in total.